The second-order valence-corrected chi connectivity index (χ2v) is 4.55. The van der Waals surface area contributed by atoms with Gasteiger partial charge in [-0.15, -0.1) is 12.4 Å². The van der Waals surface area contributed by atoms with Gasteiger partial charge in [-0.1, -0.05) is 6.92 Å². The van der Waals surface area contributed by atoms with Crippen molar-refractivity contribution in [3.63, 3.8) is 0 Å². The first-order chi connectivity index (χ1) is 10.2. The Bertz CT molecular complexity index is 518. The molecule has 0 heterocycles. The van der Waals surface area contributed by atoms with Crippen molar-refractivity contribution in [2.45, 2.75) is 33.1 Å². The van der Waals surface area contributed by atoms with E-state index in [1.54, 1.807) is 13.8 Å². The van der Waals surface area contributed by atoms with Crippen molar-refractivity contribution in [3.05, 3.63) is 18.2 Å². The van der Waals surface area contributed by atoms with Crippen molar-refractivity contribution >= 4 is 24.0 Å². The van der Waals surface area contributed by atoms with Gasteiger partial charge in [-0.2, -0.15) is 17.6 Å². The maximum Gasteiger partial charge on any atom is 0.387 e. The molecule has 0 aliphatic rings. The van der Waals surface area contributed by atoms with Gasteiger partial charge in [-0.25, -0.2) is 0 Å². The lowest BCUT2D eigenvalue weighted by molar-refractivity contribution is -0.119. The second-order valence-electron chi connectivity index (χ2n) is 4.55. The van der Waals surface area contributed by atoms with Gasteiger partial charge in [0.25, 0.3) is 0 Å². The van der Waals surface area contributed by atoms with Gasteiger partial charge >= 0.3 is 13.2 Å². The van der Waals surface area contributed by atoms with Crippen molar-refractivity contribution in [2.24, 2.45) is 11.7 Å². The lowest BCUT2D eigenvalue weighted by Crippen LogP contribution is -2.34. The Balaban J connectivity index is 0.00000484. The van der Waals surface area contributed by atoms with Crippen molar-refractivity contribution in [2.75, 3.05) is 5.32 Å². The topological polar surface area (TPSA) is 73.6 Å². The number of nitrogens with two attached hydrogens (primary N) is 1. The molecule has 0 radical (unpaired) electrons. The second kappa shape index (κ2) is 9.41. The molecular formula is C13H17ClF4N2O3. The van der Waals surface area contributed by atoms with E-state index in [1.165, 1.54) is 0 Å². The Morgan fingerprint density at radius 2 is 1.70 bits per heavy atom. The molecule has 2 unspecified atom stereocenters. The van der Waals surface area contributed by atoms with Crippen LogP contribution in [0.5, 0.6) is 11.5 Å². The van der Waals surface area contributed by atoms with E-state index in [4.69, 9.17) is 5.73 Å². The van der Waals surface area contributed by atoms with Crippen LogP contribution in [0.1, 0.15) is 13.8 Å². The van der Waals surface area contributed by atoms with Crippen LogP contribution in [0.3, 0.4) is 0 Å². The highest BCUT2D eigenvalue weighted by molar-refractivity contribution is 5.94. The quantitative estimate of drug-likeness (QED) is 0.732. The lowest BCUT2D eigenvalue weighted by Gasteiger charge is -2.18. The summed E-state index contributed by atoms with van der Waals surface area (Å²) in [7, 11) is 0. The first kappa shape index (κ1) is 21.3. The maximum absolute atomic E-state index is 12.4. The molecule has 1 aromatic carbocycles. The molecule has 2 atom stereocenters. The van der Waals surface area contributed by atoms with E-state index in [0.29, 0.717) is 0 Å². The Morgan fingerprint density at radius 1 is 1.13 bits per heavy atom. The molecule has 0 aromatic heterocycles. The summed E-state index contributed by atoms with van der Waals surface area (Å²) >= 11 is 0. The molecule has 23 heavy (non-hydrogen) atoms. The lowest BCUT2D eigenvalue weighted by atomic mass is 10.0. The number of benzene rings is 1. The molecule has 0 aliphatic carbocycles. The molecule has 0 bridgehead atoms. The van der Waals surface area contributed by atoms with Gasteiger partial charge in [0.15, 0.2) is 5.75 Å². The number of carbonyl (C=O) groups is 1. The predicted molar refractivity (Wildman–Crippen MR) is 78.4 cm³/mol. The van der Waals surface area contributed by atoms with Crippen LogP contribution in [-0.2, 0) is 4.79 Å². The van der Waals surface area contributed by atoms with Crippen LogP contribution >= 0.6 is 12.4 Å². The summed E-state index contributed by atoms with van der Waals surface area (Å²) in [5.74, 6) is -1.96. The monoisotopic (exact) mass is 360 g/mol. The minimum atomic E-state index is -3.19. The van der Waals surface area contributed by atoms with Crippen LogP contribution in [0, 0.1) is 5.92 Å². The maximum atomic E-state index is 12.4. The van der Waals surface area contributed by atoms with Crippen molar-refractivity contribution in [1.82, 2.24) is 0 Å². The zero-order chi connectivity index (χ0) is 16.9. The van der Waals surface area contributed by atoms with E-state index in [0.717, 1.165) is 18.2 Å². The van der Waals surface area contributed by atoms with E-state index >= 15 is 0 Å². The summed E-state index contributed by atoms with van der Waals surface area (Å²) in [6.45, 7) is -3.14. The molecule has 0 fully saturated rings. The Labute approximate surface area is 136 Å². The molecule has 3 N–H and O–H groups in total. The molecule has 0 spiro atoms. The standard InChI is InChI=1S/C13H16F4N2O3.ClH/c1-6(7(2)18)11(20)19-9-4-3-8(21-12(14)15)5-10(9)22-13(16)17;/h3-7,12-13H,18H2,1-2H3,(H,19,20);1H. The van der Waals surface area contributed by atoms with E-state index in [-0.39, 0.29) is 23.8 Å². The van der Waals surface area contributed by atoms with Gasteiger partial charge < -0.3 is 20.5 Å². The van der Waals surface area contributed by atoms with E-state index in [1.807, 2.05) is 0 Å². The first-order valence-corrected chi connectivity index (χ1v) is 6.30. The fourth-order valence-corrected chi connectivity index (χ4v) is 1.46. The number of halogens is 5. The van der Waals surface area contributed by atoms with Gasteiger partial charge in [-0.05, 0) is 19.1 Å². The zero-order valence-electron chi connectivity index (χ0n) is 12.3. The Hall–Kier alpha value is -1.74. The average molecular weight is 361 g/mol. The highest BCUT2D eigenvalue weighted by atomic mass is 35.5. The normalized spacial score (nSPS) is 13.3. The molecule has 0 saturated heterocycles. The van der Waals surface area contributed by atoms with Gasteiger partial charge in [0, 0.05) is 12.1 Å². The molecule has 10 heteroatoms. The third-order valence-electron chi connectivity index (χ3n) is 2.85. The van der Waals surface area contributed by atoms with Gasteiger partial charge in [0.05, 0.1) is 11.6 Å². The molecule has 0 saturated carbocycles. The number of alkyl halides is 4. The fourth-order valence-electron chi connectivity index (χ4n) is 1.46. The molecule has 1 amide bonds. The van der Waals surface area contributed by atoms with E-state index < -0.39 is 36.8 Å². The summed E-state index contributed by atoms with van der Waals surface area (Å²) in [5.41, 5.74) is 5.48. The molecule has 1 rings (SSSR count). The number of anilines is 1. The summed E-state index contributed by atoms with van der Waals surface area (Å²) in [4.78, 5) is 11.9. The molecule has 132 valence electrons. The molecule has 1 aromatic rings. The highest BCUT2D eigenvalue weighted by Crippen LogP contribution is 2.31. The van der Waals surface area contributed by atoms with Crippen molar-refractivity contribution in [3.8, 4) is 11.5 Å². The number of ether oxygens (including phenoxy) is 2. The Morgan fingerprint density at radius 3 is 2.17 bits per heavy atom. The van der Waals surface area contributed by atoms with Crippen LogP contribution in [0.15, 0.2) is 18.2 Å². The minimum Gasteiger partial charge on any atom is -0.435 e. The smallest absolute Gasteiger partial charge is 0.387 e. The number of carbonyl (C=O) groups excluding carboxylic acids is 1. The number of rotatable bonds is 7. The SMILES string of the molecule is CC(N)C(C)C(=O)Nc1ccc(OC(F)F)cc1OC(F)F.Cl. The minimum absolute atomic E-state index is 0. The van der Waals surface area contributed by atoms with E-state index in [2.05, 4.69) is 14.8 Å². The van der Waals surface area contributed by atoms with Crippen LogP contribution in [0.4, 0.5) is 23.2 Å². The zero-order valence-corrected chi connectivity index (χ0v) is 13.1. The highest BCUT2D eigenvalue weighted by Gasteiger charge is 2.20. The third-order valence-corrected chi connectivity index (χ3v) is 2.85. The first-order valence-electron chi connectivity index (χ1n) is 6.30. The van der Waals surface area contributed by atoms with Crippen molar-refractivity contribution < 1.29 is 31.8 Å². The van der Waals surface area contributed by atoms with Gasteiger partial charge in [0.1, 0.15) is 5.75 Å². The van der Waals surface area contributed by atoms with Crippen LogP contribution in [-0.4, -0.2) is 25.2 Å². The summed E-state index contributed by atoms with van der Waals surface area (Å²) in [6, 6.07) is 2.60. The molecule has 0 aliphatic heterocycles. The van der Waals surface area contributed by atoms with Gasteiger partial charge in [0.2, 0.25) is 5.91 Å². The predicted octanol–water partition coefficient (Wildman–Crippen LogP) is 3.23. The summed E-state index contributed by atoms with van der Waals surface area (Å²) < 4.78 is 57.3. The summed E-state index contributed by atoms with van der Waals surface area (Å²) in [6.07, 6.45) is 0. The fraction of sp³-hybridized carbons (Fsp3) is 0.462. The average Bonchev–Trinajstić information content (AvgIpc) is 2.39. The van der Waals surface area contributed by atoms with Gasteiger partial charge in [-0.3, -0.25) is 4.79 Å². The van der Waals surface area contributed by atoms with E-state index in [9.17, 15) is 22.4 Å². The van der Waals surface area contributed by atoms with Crippen LogP contribution in [0.2, 0.25) is 0 Å². The van der Waals surface area contributed by atoms with Crippen LogP contribution in [0.25, 0.3) is 0 Å². The largest absolute Gasteiger partial charge is 0.435 e. The number of hydrogen-bond acceptors (Lipinski definition) is 4. The molecular weight excluding hydrogens is 344 g/mol. The Kier molecular flexibility index (Phi) is 8.70. The summed E-state index contributed by atoms with van der Waals surface area (Å²) in [5, 5.41) is 2.36. The number of amides is 1. The van der Waals surface area contributed by atoms with Crippen LogP contribution < -0.4 is 20.5 Å². The molecule has 5 nitrogen and oxygen atoms in total. The van der Waals surface area contributed by atoms with Crippen molar-refractivity contribution in [1.29, 1.82) is 0 Å². The third kappa shape index (κ3) is 6.91. The number of hydrogen-bond donors (Lipinski definition) is 2. The number of nitrogens with one attached hydrogen (secondary N) is 1.